The first-order chi connectivity index (χ1) is 16.2. The maximum atomic E-state index is 5.08. The molecule has 6 nitrogen and oxygen atoms in total. The van der Waals surface area contributed by atoms with Crippen molar-refractivity contribution in [3.8, 4) is 0 Å². The summed E-state index contributed by atoms with van der Waals surface area (Å²) in [6, 6.07) is 7.19. The number of aromatic nitrogens is 1. The van der Waals surface area contributed by atoms with Gasteiger partial charge in [-0.3, -0.25) is 0 Å². The van der Waals surface area contributed by atoms with E-state index < -0.39 is 0 Å². The van der Waals surface area contributed by atoms with Gasteiger partial charge >= 0.3 is 0 Å². The van der Waals surface area contributed by atoms with E-state index in [1.165, 1.54) is 52.6 Å². The lowest BCUT2D eigenvalue weighted by atomic mass is 9.84. The first kappa shape index (κ1) is 20.8. The number of nitrogens with zero attached hydrogens (tertiary/aromatic N) is 2. The topological polar surface area (TPSA) is 67.5 Å². The highest BCUT2D eigenvalue weighted by molar-refractivity contribution is 6.05. The van der Waals surface area contributed by atoms with Gasteiger partial charge in [-0.25, -0.2) is 4.99 Å². The van der Waals surface area contributed by atoms with Crippen molar-refractivity contribution in [3.63, 3.8) is 0 Å². The molecule has 0 spiro atoms. The highest BCUT2D eigenvalue weighted by atomic mass is 15.2. The van der Waals surface area contributed by atoms with Crippen LogP contribution in [0.4, 0.5) is 5.69 Å². The molecule has 1 aliphatic carbocycles. The van der Waals surface area contributed by atoms with Crippen LogP contribution >= 0.6 is 0 Å². The van der Waals surface area contributed by atoms with E-state index in [1.807, 2.05) is 0 Å². The van der Waals surface area contributed by atoms with Crippen LogP contribution in [0, 0.1) is 0 Å². The Kier molecular flexibility index (Phi) is 5.35. The second-order valence-corrected chi connectivity index (χ2v) is 9.80. The summed E-state index contributed by atoms with van der Waals surface area (Å²) in [5.41, 5.74) is 8.03. The maximum Gasteiger partial charge on any atom is 0.142 e. The van der Waals surface area contributed by atoms with Crippen LogP contribution in [0.3, 0.4) is 0 Å². The Morgan fingerprint density at radius 2 is 2.00 bits per heavy atom. The van der Waals surface area contributed by atoms with E-state index in [0.29, 0.717) is 12.0 Å². The molecule has 2 bridgehead atoms. The first-order valence-corrected chi connectivity index (χ1v) is 12.4. The van der Waals surface area contributed by atoms with Crippen LogP contribution in [0.25, 0.3) is 10.9 Å². The Morgan fingerprint density at radius 3 is 2.85 bits per heavy atom. The van der Waals surface area contributed by atoms with Gasteiger partial charge < -0.3 is 25.8 Å². The average molecular weight is 443 g/mol. The molecule has 2 aromatic rings. The largest absolute Gasteiger partial charge is 0.361 e. The summed E-state index contributed by atoms with van der Waals surface area (Å²) in [7, 11) is 4.27. The summed E-state index contributed by atoms with van der Waals surface area (Å²) < 4.78 is 0. The molecule has 172 valence electrons. The number of hydrogen-bond donors (Lipinski definition) is 4. The highest BCUT2D eigenvalue weighted by Crippen LogP contribution is 2.38. The second kappa shape index (κ2) is 8.50. The third kappa shape index (κ3) is 3.81. The molecule has 1 aromatic heterocycles. The summed E-state index contributed by atoms with van der Waals surface area (Å²) in [4.78, 5) is 10.9. The van der Waals surface area contributed by atoms with Crippen molar-refractivity contribution in [1.82, 2.24) is 20.5 Å². The molecule has 1 saturated heterocycles. The van der Waals surface area contributed by atoms with E-state index in [0.717, 1.165) is 37.5 Å². The molecule has 2 unspecified atom stereocenters. The molecular weight excluding hydrogens is 408 g/mol. The van der Waals surface area contributed by atoms with Gasteiger partial charge in [0.2, 0.25) is 0 Å². The Morgan fingerprint density at radius 1 is 1.12 bits per heavy atom. The van der Waals surface area contributed by atoms with Crippen molar-refractivity contribution in [2.75, 3.05) is 32.5 Å². The minimum absolute atomic E-state index is 0.0451. The van der Waals surface area contributed by atoms with E-state index in [-0.39, 0.29) is 6.17 Å². The van der Waals surface area contributed by atoms with Gasteiger partial charge in [-0.1, -0.05) is 6.08 Å². The Bertz CT molecular complexity index is 1180. The molecule has 3 aliphatic heterocycles. The fourth-order valence-electron chi connectivity index (χ4n) is 5.93. The molecule has 4 heterocycles. The summed E-state index contributed by atoms with van der Waals surface area (Å²) in [6.07, 6.45) is 14.8. The van der Waals surface area contributed by atoms with Gasteiger partial charge in [-0.2, -0.15) is 0 Å². The second-order valence-electron chi connectivity index (χ2n) is 9.80. The number of likely N-dealkylation sites (N-methyl/N-ethyl adjacent to an activating group) is 1. The third-order valence-corrected chi connectivity index (χ3v) is 7.89. The smallest absolute Gasteiger partial charge is 0.142 e. The number of hydrogen-bond acceptors (Lipinski definition) is 5. The summed E-state index contributed by atoms with van der Waals surface area (Å²) >= 11 is 0. The molecule has 2 atom stereocenters. The molecule has 4 aliphatic rings. The van der Waals surface area contributed by atoms with E-state index >= 15 is 0 Å². The molecule has 0 radical (unpaired) electrons. The van der Waals surface area contributed by atoms with Crippen LogP contribution in [0.1, 0.15) is 43.6 Å². The molecule has 6 rings (SSSR count). The number of aromatic amines is 1. The number of fused-ring (bicyclic) bond motifs is 3. The van der Waals surface area contributed by atoms with Crippen molar-refractivity contribution in [1.29, 1.82) is 0 Å². The molecule has 0 saturated carbocycles. The average Bonchev–Trinajstić information content (AvgIpc) is 3.18. The van der Waals surface area contributed by atoms with Crippen LogP contribution in [0.15, 0.2) is 64.5 Å². The number of aliphatic imine (C=N–C) groups is 1. The fraction of sp³-hybridized carbons (Fsp3) is 0.444. The zero-order valence-electron chi connectivity index (χ0n) is 19.6. The lowest BCUT2D eigenvalue weighted by Crippen LogP contribution is -2.38. The van der Waals surface area contributed by atoms with Crippen LogP contribution in [0.2, 0.25) is 0 Å². The normalized spacial score (nSPS) is 25.6. The van der Waals surface area contributed by atoms with Crippen molar-refractivity contribution in [2.24, 2.45) is 4.99 Å². The van der Waals surface area contributed by atoms with Gasteiger partial charge in [0.1, 0.15) is 12.0 Å². The highest BCUT2D eigenvalue weighted by Gasteiger charge is 2.31. The van der Waals surface area contributed by atoms with E-state index in [1.54, 1.807) is 0 Å². The minimum Gasteiger partial charge on any atom is -0.361 e. The molecule has 0 amide bonds. The number of rotatable bonds is 3. The first-order valence-electron chi connectivity index (χ1n) is 12.4. The summed E-state index contributed by atoms with van der Waals surface area (Å²) in [5, 5.41) is 11.9. The Balaban J connectivity index is 1.26. The lowest BCUT2D eigenvalue weighted by molar-refractivity contribution is 0.314. The zero-order chi connectivity index (χ0) is 22.4. The van der Waals surface area contributed by atoms with Crippen LogP contribution < -0.4 is 16.0 Å². The molecular formula is C27H34N6. The van der Waals surface area contributed by atoms with Gasteiger partial charge in [-0.05, 0) is 105 Å². The molecule has 6 heteroatoms. The monoisotopic (exact) mass is 442 g/mol. The van der Waals surface area contributed by atoms with Crippen molar-refractivity contribution in [2.45, 2.75) is 50.2 Å². The molecule has 1 fully saturated rings. The van der Waals surface area contributed by atoms with Gasteiger partial charge in [0.15, 0.2) is 0 Å². The van der Waals surface area contributed by atoms with Crippen molar-refractivity contribution >= 4 is 22.4 Å². The molecule has 1 aromatic carbocycles. The predicted molar refractivity (Wildman–Crippen MR) is 137 cm³/mol. The summed E-state index contributed by atoms with van der Waals surface area (Å²) in [6.45, 7) is 2.21. The van der Waals surface area contributed by atoms with Gasteiger partial charge in [0.05, 0.1) is 0 Å². The van der Waals surface area contributed by atoms with Crippen LogP contribution in [-0.4, -0.2) is 55.1 Å². The standard InChI is InChI=1S/C27H34N6/c1-28-19-5-7-25-21(14-19)18-3-8-26(32-27(13-18)33(25)2)31-20-4-6-24-22(15-20)23(16-30-24)17-9-11-29-12-10-17/h3-4,6,8,13,15-17,19,27-30H,5,7,9-12,14H2,1-2H3,(H,31,32). The van der Waals surface area contributed by atoms with Crippen molar-refractivity contribution < 1.29 is 0 Å². The van der Waals surface area contributed by atoms with Crippen LogP contribution in [-0.2, 0) is 0 Å². The number of H-pyrrole nitrogens is 1. The number of amidine groups is 1. The van der Waals surface area contributed by atoms with Gasteiger partial charge in [-0.15, -0.1) is 0 Å². The van der Waals surface area contributed by atoms with E-state index in [4.69, 9.17) is 4.99 Å². The zero-order valence-corrected chi connectivity index (χ0v) is 19.6. The fourth-order valence-corrected chi connectivity index (χ4v) is 5.93. The number of benzene rings is 1. The van der Waals surface area contributed by atoms with Gasteiger partial charge in [0.25, 0.3) is 0 Å². The SMILES string of the molecule is CNC1CCC2=C(C1)C1=CC(N=C(Nc3ccc4[nH]cc(C5CCNCC5)c4c3)C=C1)N2C. The van der Waals surface area contributed by atoms with Crippen molar-refractivity contribution in [3.05, 3.63) is 65.0 Å². The molecule has 33 heavy (non-hydrogen) atoms. The van der Waals surface area contributed by atoms with Gasteiger partial charge in [0, 0.05) is 41.6 Å². The number of anilines is 1. The number of nitrogens with one attached hydrogen (secondary N) is 4. The minimum atomic E-state index is 0.0451. The lowest BCUT2D eigenvalue weighted by Gasteiger charge is -2.38. The van der Waals surface area contributed by atoms with Crippen LogP contribution in [0.5, 0.6) is 0 Å². The number of piperidine rings is 1. The maximum absolute atomic E-state index is 5.08. The predicted octanol–water partition coefficient (Wildman–Crippen LogP) is 4.24. The quantitative estimate of drug-likeness (QED) is 0.574. The summed E-state index contributed by atoms with van der Waals surface area (Å²) in [5.74, 6) is 1.55. The number of allylic oxidation sites excluding steroid dienone is 3. The van der Waals surface area contributed by atoms with E-state index in [2.05, 4.69) is 82.6 Å². The van der Waals surface area contributed by atoms with E-state index in [9.17, 15) is 0 Å². The Hall–Kier alpha value is -2.83. The Labute approximate surface area is 195 Å². The molecule has 4 N–H and O–H groups in total. The third-order valence-electron chi connectivity index (χ3n) is 7.89.